The standard InChI is InChI=1S/C13H12ClNO/c1-10(11-4-6-12(14)7-5-11)15-9-13-3-2-8-16-13/h2-8H,9H2,1H3. The summed E-state index contributed by atoms with van der Waals surface area (Å²) < 4.78 is 5.21. The number of hydrogen-bond donors (Lipinski definition) is 0. The van der Waals surface area contributed by atoms with Crippen LogP contribution in [-0.2, 0) is 6.54 Å². The molecule has 0 spiro atoms. The molecule has 0 aliphatic carbocycles. The minimum Gasteiger partial charge on any atom is -0.467 e. The van der Waals surface area contributed by atoms with E-state index in [1.165, 1.54) is 0 Å². The summed E-state index contributed by atoms with van der Waals surface area (Å²) in [5, 5.41) is 0.739. The molecule has 0 amide bonds. The molecule has 0 atom stereocenters. The second kappa shape index (κ2) is 4.99. The lowest BCUT2D eigenvalue weighted by atomic mass is 10.1. The third kappa shape index (κ3) is 2.74. The van der Waals surface area contributed by atoms with Gasteiger partial charge in [0.1, 0.15) is 5.76 Å². The van der Waals surface area contributed by atoms with Gasteiger partial charge < -0.3 is 4.42 Å². The zero-order valence-electron chi connectivity index (χ0n) is 8.98. The summed E-state index contributed by atoms with van der Waals surface area (Å²) in [7, 11) is 0. The van der Waals surface area contributed by atoms with Crippen molar-refractivity contribution in [1.82, 2.24) is 0 Å². The largest absolute Gasteiger partial charge is 0.467 e. The van der Waals surface area contributed by atoms with Crippen molar-refractivity contribution in [2.75, 3.05) is 0 Å². The van der Waals surface area contributed by atoms with E-state index < -0.39 is 0 Å². The fourth-order valence-corrected chi connectivity index (χ4v) is 1.51. The van der Waals surface area contributed by atoms with E-state index in [0.717, 1.165) is 22.1 Å². The van der Waals surface area contributed by atoms with Gasteiger partial charge in [-0.15, -0.1) is 0 Å². The van der Waals surface area contributed by atoms with Crippen LogP contribution >= 0.6 is 11.6 Å². The van der Waals surface area contributed by atoms with Gasteiger partial charge in [-0.1, -0.05) is 23.7 Å². The number of benzene rings is 1. The van der Waals surface area contributed by atoms with Gasteiger partial charge in [-0.05, 0) is 36.8 Å². The Hall–Kier alpha value is -1.54. The molecule has 16 heavy (non-hydrogen) atoms. The highest BCUT2D eigenvalue weighted by Crippen LogP contribution is 2.11. The summed E-state index contributed by atoms with van der Waals surface area (Å²) in [4.78, 5) is 4.45. The molecule has 0 N–H and O–H groups in total. The van der Waals surface area contributed by atoms with Gasteiger partial charge in [0.05, 0.1) is 12.8 Å². The monoisotopic (exact) mass is 233 g/mol. The van der Waals surface area contributed by atoms with Crippen molar-refractivity contribution in [2.45, 2.75) is 13.5 Å². The van der Waals surface area contributed by atoms with Crippen molar-refractivity contribution in [3.05, 3.63) is 59.0 Å². The number of halogens is 1. The predicted molar refractivity (Wildman–Crippen MR) is 66.1 cm³/mol. The molecule has 0 aliphatic heterocycles. The number of hydrogen-bond acceptors (Lipinski definition) is 2. The Labute approximate surface area is 99.6 Å². The molecule has 0 bridgehead atoms. The molecule has 82 valence electrons. The maximum Gasteiger partial charge on any atom is 0.125 e. The second-order valence-electron chi connectivity index (χ2n) is 3.49. The third-order valence-corrected chi connectivity index (χ3v) is 2.57. The normalized spacial score (nSPS) is 11.8. The smallest absolute Gasteiger partial charge is 0.125 e. The van der Waals surface area contributed by atoms with E-state index in [1.807, 2.05) is 43.3 Å². The van der Waals surface area contributed by atoms with E-state index in [2.05, 4.69) is 4.99 Å². The summed E-state index contributed by atoms with van der Waals surface area (Å²) >= 11 is 5.82. The van der Waals surface area contributed by atoms with Crippen LogP contribution in [0.1, 0.15) is 18.2 Å². The van der Waals surface area contributed by atoms with Gasteiger partial charge in [0, 0.05) is 10.7 Å². The third-order valence-electron chi connectivity index (χ3n) is 2.31. The van der Waals surface area contributed by atoms with Gasteiger partial charge >= 0.3 is 0 Å². The summed E-state index contributed by atoms with van der Waals surface area (Å²) in [6.07, 6.45) is 1.66. The first kappa shape index (κ1) is 11.0. The summed E-state index contributed by atoms with van der Waals surface area (Å²) in [6, 6.07) is 11.4. The van der Waals surface area contributed by atoms with Crippen LogP contribution in [0.4, 0.5) is 0 Å². The Balaban J connectivity index is 2.09. The van der Waals surface area contributed by atoms with Crippen molar-refractivity contribution in [2.24, 2.45) is 4.99 Å². The molecule has 0 saturated heterocycles. The quantitative estimate of drug-likeness (QED) is 0.738. The van der Waals surface area contributed by atoms with Gasteiger partial charge in [-0.3, -0.25) is 4.99 Å². The fraction of sp³-hybridized carbons (Fsp3) is 0.154. The maximum atomic E-state index is 5.82. The van der Waals surface area contributed by atoms with Crippen LogP contribution in [-0.4, -0.2) is 5.71 Å². The van der Waals surface area contributed by atoms with Crippen LogP contribution in [0.2, 0.25) is 5.02 Å². The molecule has 0 radical (unpaired) electrons. The summed E-state index contributed by atoms with van der Waals surface area (Å²) in [6.45, 7) is 2.55. The van der Waals surface area contributed by atoms with Gasteiger partial charge in [0.25, 0.3) is 0 Å². The average Bonchev–Trinajstić information content (AvgIpc) is 2.80. The van der Waals surface area contributed by atoms with Crippen molar-refractivity contribution >= 4 is 17.3 Å². The SMILES string of the molecule is CC(=NCc1ccco1)c1ccc(Cl)cc1. The van der Waals surface area contributed by atoms with Crippen LogP contribution in [0, 0.1) is 0 Å². The number of rotatable bonds is 3. The summed E-state index contributed by atoms with van der Waals surface area (Å²) in [5.74, 6) is 0.869. The first-order chi connectivity index (χ1) is 7.75. The van der Waals surface area contributed by atoms with Crippen LogP contribution < -0.4 is 0 Å². The Bertz CT molecular complexity index is 471. The molecule has 3 heteroatoms. The molecule has 2 aromatic rings. The predicted octanol–water partition coefficient (Wildman–Crippen LogP) is 3.94. The molecule has 2 nitrogen and oxygen atoms in total. The zero-order valence-corrected chi connectivity index (χ0v) is 9.74. The lowest BCUT2D eigenvalue weighted by molar-refractivity contribution is 0.513. The van der Waals surface area contributed by atoms with E-state index in [-0.39, 0.29) is 0 Å². The average molecular weight is 234 g/mol. The topological polar surface area (TPSA) is 25.5 Å². The Morgan fingerprint density at radius 2 is 2.00 bits per heavy atom. The highest BCUT2D eigenvalue weighted by molar-refractivity contribution is 6.30. The molecule has 1 aromatic heterocycles. The minimum atomic E-state index is 0.571. The molecule has 1 aromatic carbocycles. The van der Waals surface area contributed by atoms with E-state index in [0.29, 0.717) is 6.54 Å². The van der Waals surface area contributed by atoms with Crippen LogP contribution in [0.15, 0.2) is 52.1 Å². The molecule has 0 fully saturated rings. The van der Waals surface area contributed by atoms with Crippen molar-refractivity contribution in [3.63, 3.8) is 0 Å². The molecular weight excluding hydrogens is 222 g/mol. The van der Waals surface area contributed by atoms with E-state index >= 15 is 0 Å². The Morgan fingerprint density at radius 1 is 1.25 bits per heavy atom. The molecule has 0 aliphatic rings. The molecule has 2 rings (SSSR count). The lowest BCUT2D eigenvalue weighted by Crippen LogP contribution is -1.94. The summed E-state index contributed by atoms with van der Waals surface area (Å²) in [5.41, 5.74) is 2.06. The van der Waals surface area contributed by atoms with E-state index in [9.17, 15) is 0 Å². The number of nitrogens with zero attached hydrogens (tertiary/aromatic N) is 1. The Kier molecular flexibility index (Phi) is 3.42. The fourth-order valence-electron chi connectivity index (χ4n) is 1.38. The Morgan fingerprint density at radius 3 is 2.62 bits per heavy atom. The van der Waals surface area contributed by atoms with Crippen molar-refractivity contribution < 1.29 is 4.42 Å². The maximum absolute atomic E-state index is 5.82. The molecule has 0 saturated carbocycles. The number of aliphatic imine (C=N–C) groups is 1. The minimum absolute atomic E-state index is 0.571. The van der Waals surface area contributed by atoms with Crippen LogP contribution in [0.25, 0.3) is 0 Å². The highest BCUT2D eigenvalue weighted by atomic mass is 35.5. The van der Waals surface area contributed by atoms with Gasteiger partial charge in [-0.25, -0.2) is 0 Å². The van der Waals surface area contributed by atoms with Crippen LogP contribution in [0.5, 0.6) is 0 Å². The van der Waals surface area contributed by atoms with Gasteiger partial charge in [0.2, 0.25) is 0 Å². The second-order valence-corrected chi connectivity index (χ2v) is 3.92. The highest BCUT2D eigenvalue weighted by Gasteiger charge is 1.98. The lowest BCUT2D eigenvalue weighted by Gasteiger charge is -2.00. The molecule has 0 unspecified atom stereocenters. The van der Waals surface area contributed by atoms with Crippen LogP contribution in [0.3, 0.4) is 0 Å². The van der Waals surface area contributed by atoms with Gasteiger partial charge in [-0.2, -0.15) is 0 Å². The van der Waals surface area contributed by atoms with Crippen molar-refractivity contribution in [3.8, 4) is 0 Å². The molecule has 1 heterocycles. The van der Waals surface area contributed by atoms with E-state index in [1.54, 1.807) is 6.26 Å². The van der Waals surface area contributed by atoms with E-state index in [4.69, 9.17) is 16.0 Å². The van der Waals surface area contributed by atoms with Crippen molar-refractivity contribution in [1.29, 1.82) is 0 Å². The zero-order chi connectivity index (χ0) is 11.4. The molecular formula is C13H12ClNO. The first-order valence-corrected chi connectivity index (χ1v) is 5.43. The van der Waals surface area contributed by atoms with Gasteiger partial charge in [0.15, 0.2) is 0 Å². The number of furan rings is 1. The first-order valence-electron chi connectivity index (χ1n) is 5.05.